The smallest absolute Gasteiger partial charge is 0.330 e. The summed E-state index contributed by atoms with van der Waals surface area (Å²) in [6.45, 7) is 1.54. The summed E-state index contributed by atoms with van der Waals surface area (Å²) in [6, 6.07) is 7.94. The van der Waals surface area contributed by atoms with Crippen LogP contribution in [0, 0.1) is 0 Å². The van der Waals surface area contributed by atoms with Crippen molar-refractivity contribution in [3.05, 3.63) is 42.2 Å². The van der Waals surface area contributed by atoms with Gasteiger partial charge in [0, 0.05) is 11.8 Å². The fourth-order valence-electron chi connectivity index (χ4n) is 1.94. The number of rotatable bonds is 4. The maximum Gasteiger partial charge on any atom is 0.330 e. The minimum absolute atomic E-state index is 0.284. The highest BCUT2D eigenvalue weighted by Gasteiger charge is 2.33. The number of esters is 1. The molecule has 1 aromatic carbocycles. The van der Waals surface area contributed by atoms with Crippen molar-refractivity contribution in [3.8, 4) is 11.1 Å². The number of halogens is 2. The van der Waals surface area contributed by atoms with E-state index in [2.05, 4.69) is 9.84 Å². The third-order valence-corrected chi connectivity index (χ3v) is 3.35. The normalized spacial score (nSPS) is 13.0. The number of carbonyl (C=O) groups excluding carboxylic acids is 1. The van der Waals surface area contributed by atoms with E-state index >= 15 is 0 Å². The van der Waals surface area contributed by atoms with Gasteiger partial charge in [-0.15, -0.1) is 0 Å². The summed E-state index contributed by atoms with van der Waals surface area (Å²) >= 11 is 0. The van der Waals surface area contributed by atoms with E-state index in [-0.39, 0.29) is 5.56 Å². The van der Waals surface area contributed by atoms with Crippen molar-refractivity contribution in [2.75, 3.05) is 7.11 Å². The van der Waals surface area contributed by atoms with Gasteiger partial charge in [0.15, 0.2) is 0 Å². The van der Waals surface area contributed by atoms with Crippen LogP contribution in [-0.2, 0) is 15.2 Å². The summed E-state index contributed by atoms with van der Waals surface area (Å²) in [5.41, 5.74) is -2.69. The molecule has 0 N–H and O–H groups in total. The number of benzene rings is 1. The lowest BCUT2D eigenvalue weighted by atomic mass is 10.1. The van der Waals surface area contributed by atoms with Crippen LogP contribution in [0.2, 0.25) is 0 Å². The van der Waals surface area contributed by atoms with Gasteiger partial charge in [0.25, 0.3) is 0 Å². The van der Waals surface area contributed by atoms with Crippen LogP contribution in [0.5, 0.6) is 0 Å². The van der Waals surface area contributed by atoms with Gasteiger partial charge in [0.2, 0.25) is 0 Å². The quantitative estimate of drug-likeness (QED) is 0.643. The second-order valence-corrected chi connectivity index (χ2v) is 5.28. The number of nitrogens with zero attached hydrogens (tertiary/aromatic N) is 2. The molecule has 0 fully saturated rings. The number of hydrogen-bond acceptors (Lipinski definition) is 3. The van der Waals surface area contributed by atoms with E-state index in [9.17, 15) is 13.6 Å². The maximum atomic E-state index is 13.7. The Morgan fingerprint density at radius 2 is 2.00 bits per heavy atom. The molecule has 21 heavy (non-hydrogen) atoms. The van der Waals surface area contributed by atoms with Gasteiger partial charge in [-0.3, -0.25) is 4.68 Å². The Morgan fingerprint density at radius 1 is 1.38 bits per heavy atom. The fourth-order valence-corrected chi connectivity index (χ4v) is 2.16. The van der Waals surface area contributed by atoms with Crippen molar-refractivity contribution in [2.45, 2.75) is 18.6 Å². The molecular weight excluding hydrogens is 297 g/mol. The molecule has 0 radical (unpaired) electrons. The number of hydrogen-bond donors (Lipinski definition) is 0. The monoisotopic (exact) mass is 312 g/mol. The van der Waals surface area contributed by atoms with Gasteiger partial charge in [-0.2, -0.15) is 13.9 Å². The largest absolute Gasteiger partial charge is 0.467 e. The molecule has 1 aromatic heterocycles. The van der Waals surface area contributed by atoms with E-state index in [1.54, 1.807) is 37.3 Å². The molecule has 0 bridgehead atoms. The molecule has 0 amide bonds. The van der Waals surface area contributed by atoms with Gasteiger partial charge < -0.3 is 4.74 Å². The molecule has 0 spiro atoms. The van der Waals surface area contributed by atoms with Crippen molar-refractivity contribution >= 4 is 15.2 Å². The van der Waals surface area contributed by atoms with Crippen LogP contribution in [0.4, 0.5) is 8.78 Å². The number of alkyl halides is 2. The van der Waals surface area contributed by atoms with E-state index in [0.717, 1.165) is 0 Å². The van der Waals surface area contributed by atoms with Gasteiger partial charge in [0.1, 0.15) is 11.7 Å². The zero-order valence-corrected chi connectivity index (χ0v) is 12.7. The summed E-state index contributed by atoms with van der Waals surface area (Å²) in [5, 5.41) is 3.87. The van der Waals surface area contributed by atoms with Gasteiger partial charge in [-0.25, -0.2) is 4.79 Å². The summed E-state index contributed by atoms with van der Waals surface area (Å²) in [6.07, 6.45) is 1.43. The second kappa shape index (κ2) is 5.90. The predicted molar refractivity (Wildman–Crippen MR) is 78.0 cm³/mol. The van der Waals surface area contributed by atoms with Crippen LogP contribution in [0.15, 0.2) is 36.5 Å². The molecule has 0 saturated heterocycles. The Hall–Kier alpha value is -1.81. The lowest BCUT2D eigenvalue weighted by Crippen LogP contribution is -2.19. The fraction of sp³-hybridized carbons (Fsp3) is 0.286. The van der Waals surface area contributed by atoms with E-state index in [0.29, 0.717) is 5.56 Å². The van der Waals surface area contributed by atoms with Crippen LogP contribution in [-0.4, -0.2) is 22.9 Å². The topological polar surface area (TPSA) is 44.1 Å². The second-order valence-electron chi connectivity index (χ2n) is 4.56. The highest BCUT2D eigenvalue weighted by molar-refractivity contribution is 7.17. The van der Waals surface area contributed by atoms with Crippen molar-refractivity contribution in [1.29, 1.82) is 0 Å². The van der Waals surface area contributed by atoms with E-state index in [1.807, 2.05) is 0 Å². The summed E-state index contributed by atoms with van der Waals surface area (Å²) in [5.74, 6) is -0.546. The zero-order valence-electron chi connectivity index (χ0n) is 11.6. The van der Waals surface area contributed by atoms with Gasteiger partial charge >= 0.3 is 11.6 Å². The average molecular weight is 312 g/mol. The lowest BCUT2D eigenvalue weighted by Gasteiger charge is -2.10. The van der Waals surface area contributed by atoms with Crippen molar-refractivity contribution in [1.82, 2.24) is 9.78 Å². The standard InChI is InChI=1S/C14H15F2N2O2P/c1-9(13(19)20-2)18-8-11(10-6-4-3-5-7-10)12(17-18)14(15,16)21/h3-9H,21H2,1-2H3. The van der Waals surface area contributed by atoms with E-state index in [1.165, 1.54) is 27.2 Å². The summed E-state index contributed by atoms with van der Waals surface area (Å²) in [7, 11) is 2.71. The molecule has 2 unspecified atom stereocenters. The molecule has 7 heteroatoms. The molecular formula is C14H15F2N2O2P. The van der Waals surface area contributed by atoms with Crippen LogP contribution in [0.25, 0.3) is 11.1 Å². The van der Waals surface area contributed by atoms with Crippen LogP contribution in [0.3, 0.4) is 0 Å². The highest BCUT2D eigenvalue weighted by atomic mass is 31.0. The van der Waals surface area contributed by atoms with Crippen LogP contribution < -0.4 is 0 Å². The molecule has 2 rings (SSSR count). The van der Waals surface area contributed by atoms with E-state index < -0.39 is 23.4 Å². The van der Waals surface area contributed by atoms with Crippen molar-refractivity contribution in [3.63, 3.8) is 0 Å². The summed E-state index contributed by atoms with van der Waals surface area (Å²) < 4.78 is 33.3. The van der Waals surface area contributed by atoms with Crippen molar-refractivity contribution in [2.24, 2.45) is 0 Å². The molecule has 2 aromatic rings. The molecule has 0 saturated carbocycles. The number of carbonyl (C=O) groups is 1. The molecule has 4 nitrogen and oxygen atoms in total. The highest BCUT2D eigenvalue weighted by Crippen LogP contribution is 2.40. The average Bonchev–Trinajstić information content (AvgIpc) is 2.92. The Labute approximate surface area is 123 Å². The number of aromatic nitrogens is 2. The first-order chi connectivity index (χ1) is 9.84. The minimum atomic E-state index is -3.19. The van der Waals surface area contributed by atoms with Gasteiger partial charge in [-0.1, -0.05) is 39.6 Å². The van der Waals surface area contributed by atoms with E-state index in [4.69, 9.17) is 0 Å². The Bertz CT molecular complexity index is 638. The zero-order chi connectivity index (χ0) is 15.6. The Kier molecular flexibility index (Phi) is 4.37. The van der Waals surface area contributed by atoms with Gasteiger partial charge in [-0.05, 0) is 12.5 Å². The molecule has 0 aliphatic rings. The SMILES string of the molecule is COC(=O)C(C)n1cc(-c2ccccc2)c(C(F)(F)P)n1. The number of ether oxygens (including phenoxy) is 1. The predicted octanol–water partition coefficient (Wildman–Crippen LogP) is 3.21. The Morgan fingerprint density at radius 3 is 2.52 bits per heavy atom. The first-order valence-electron chi connectivity index (χ1n) is 6.24. The number of methoxy groups -OCH3 is 1. The molecule has 112 valence electrons. The van der Waals surface area contributed by atoms with Crippen molar-refractivity contribution < 1.29 is 18.3 Å². The first kappa shape index (κ1) is 15.6. The van der Waals surface area contributed by atoms with Gasteiger partial charge in [0.05, 0.1) is 7.11 Å². The minimum Gasteiger partial charge on any atom is -0.467 e. The molecule has 2 atom stereocenters. The molecule has 0 aliphatic carbocycles. The third-order valence-electron chi connectivity index (χ3n) is 3.07. The van der Waals surface area contributed by atoms with Crippen LogP contribution in [0.1, 0.15) is 18.7 Å². The maximum absolute atomic E-state index is 13.7. The molecule has 1 heterocycles. The molecule has 0 aliphatic heterocycles. The van der Waals surface area contributed by atoms with Crippen LogP contribution >= 0.6 is 9.24 Å². The third kappa shape index (κ3) is 3.27. The lowest BCUT2D eigenvalue weighted by molar-refractivity contribution is -0.144. The Balaban J connectivity index is 2.54. The first-order valence-corrected chi connectivity index (χ1v) is 6.82. The summed E-state index contributed by atoms with van der Waals surface area (Å²) in [4.78, 5) is 11.5.